The van der Waals surface area contributed by atoms with E-state index in [-0.39, 0.29) is 6.04 Å². The number of benzene rings is 2. The molecule has 0 aliphatic rings. The second kappa shape index (κ2) is 7.92. The number of nitrogens with one attached hydrogen (secondary N) is 1. The number of hydrogen-bond acceptors (Lipinski definition) is 4. The standard InChI is InChI=1S/C18H17BrClN3O/c1-2-16(12-7-9-13(20)10-8-12)21-11-17-22-23-18(24-17)14-5-3-4-6-15(14)19/h3-10,16,21H,2,11H2,1H3. The van der Waals surface area contributed by atoms with E-state index < -0.39 is 0 Å². The Kier molecular flexibility index (Phi) is 5.66. The van der Waals surface area contributed by atoms with E-state index in [9.17, 15) is 0 Å². The molecule has 2 aromatic carbocycles. The molecule has 0 saturated heterocycles. The zero-order valence-corrected chi connectivity index (χ0v) is 15.5. The van der Waals surface area contributed by atoms with Gasteiger partial charge in [-0.1, -0.05) is 42.8 Å². The van der Waals surface area contributed by atoms with Crippen LogP contribution in [-0.4, -0.2) is 10.2 Å². The van der Waals surface area contributed by atoms with E-state index in [0.29, 0.717) is 18.3 Å². The summed E-state index contributed by atoms with van der Waals surface area (Å²) < 4.78 is 6.70. The van der Waals surface area contributed by atoms with Crippen LogP contribution in [0.3, 0.4) is 0 Å². The van der Waals surface area contributed by atoms with Crippen molar-refractivity contribution in [2.75, 3.05) is 0 Å². The number of hydrogen-bond donors (Lipinski definition) is 1. The fourth-order valence-corrected chi connectivity index (χ4v) is 3.05. The van der Waals surface area contributed by atoms with E-state index in [1.165, 1.54) is 5.56 Å². The summed E-state index contributed by atoms with van der Waals surface area (Å²) in [6.45, 7) is 2.64. The van der Waals surface area contributed by atoms with Crippen LogP contribution in [0.2, 0.25) is 5.02 Å². The Hall–Kier alpha value is -1.69. The summed E-state index contributed by atoms with van der Waals surface area (Å²) in [4.78, 5) is 0. The van der Waals surface area contributed by atoms with Crippen LogP contribution in [0.4, 0.5) is 0 Å². The van der Waals surface area contributed by atoms with Crippen LogP contribution in [0.25, 0.3) is 11.5 Å². The second-order valence-corrected chi connectivity index (χ2v) is 6.66. The maximum Gasteiger partial charge on any atom is 0.248 e. The van der Waals surface area contributed by atoms with Crippen LogP contribution in [-0.2, 0) is 6.54 Å². The van der Waals surface area contributed by atoms with Crippen LogP contribution in [0, 0.1) is 0 Å². The lowest BCUT2D eigenvalue weighted by molar-refractivity contribution is 0.437. The largest absolute Gasteiger partial charge is 0.419 e. The first-order valence-electron chi connectivity index (χ1n) is 7.73. The van der Waals surface area contributed by atoms with E-state index in [1.54, 1.807) is 0 Å². The predicted molar refractivity (Wildman–Crippen MR) is 98.8 cm³/mol. The van der Waals surface area contributed by atoms with Crippen molar-refractivity contribution in [2.45, 2.75) is 25.9 Å². The van der Waals surface area contributed by atoms with Crippen molar-refractivity contribution in [2.24, 2.45) is 0 Å². The summed E-state index contributed by atoms with van der Waals surface area (Å²) in [5.41, 5.74) is 2.08. The topological polar surface area (TPSA) is 51.0 Å². The SMILES string of the molecule is CCC(NCc1nnc(-c2ccccc2Br)o1)c1ccc(Cl)cc1. The molecule has 0 aliphatic carbocycles. The van der Waals surface area contributed by atoms with E-state index in [1.807, 2.05) is 48.5 Å². The number of halogens is 2. The molecule has 0 radical (unpaired) electrons. The first kappa shape index (κ1) is 17.1. The van der Waals surface area contributed by atoms with Crippen LogP contribution >= 0.6 is 27.5 Å². The maximum atomic E-state index is 5.95. The van der Waals surface area contributed by atoms with Crippen LogP contribution in [0.15, 0.2) is 57.4 Å². The molecule has 4 nitrogen and oxygen atoms in total. The molecule has 124 valence electrons. The van der Waals surface area contributed by atoms with Gasteiger partial charge in [0.1, 0.15) is 0 Å². The Bertz CT molecular complexity index is 804. The predicted octanol–water partition coefficient (Wildman–Crippen LogP) is 5.39. The molecule has 3 rings (SSSR count). The highest BCUT2D eigenvalue weighted by atomic mass is 79.9. The van der Waals surface area contributed by atoms with Crippen molar-refractivity contribution in [3.8, 4) is 11.5 Å². The Balaban J connectivity index is 1.68. The zero-order chi connectivity index (χ0) is 16.9. The minimum atomic E-state index is 0.209. The Morgan fingerprint density at radius 3 is 2.58 bits per heavy atom. The molecule has 1 unspecified atom stereocenters. The average molecular weight is 407 g/mol. The van der Waals surface area contributed by atoms with Crippen molar-refractivity contribution in [1.82, 2.24) is 15.5 Å². The lowest BCUT2D eigenvalue weighted by atomic mass is 10.0. The summed E-state index contributed by atoms with van der Waals surface area (Å²) in [5.74, 6) is 1.08. The normalized spacial score (nSPS) is 12.3. The monoisotopic (exact) mass is 405 g/mol. The third-order valence-corrected chi connectivity index (χ3v) is 4.69. The number of aromatic nitrogens is 2. The highest BCUT2D eigenvalue weighted by molar-refractivity contribution is 9.10. The molecule has 0 amide bonds. The molecule has 0 saturated carbocycles. The van der Waals surface area contributed by atoms with Gasteiger partial charge in [-0.25, -0.2) is 0 Å². The van der Waals surface area contributed by atoms with E-state index in [0.717, 1.165) is 21.5 Å². The minimum absolute atomic E-state index is 0.209. The van der Waals surface area contributed by atoms with Crippen molar-refractivity contribution >= 4 is 27.5 Å². The summed E-state index contributed by atoms with van der Waals surface area (Å²) >= 11 is 9.45. The molecule has 3 aromatic rings. The second-order valence-electron chi connectivity index (χ2n) is 5.37. The van der Waals surface area contributed by atoms with Gasteiger partial charge in [-0.3, -0.25) is 0 Å². The third kappa shape index (κ3) is 4.04. The Morgan fingerprint density at radius 2 is 1.88 bits per heavy atom. The highest BCUT2D eigenvalue weighted by Gasteiger charge is 2.13. The van der Waals surface area contributed by atoms with E-state index >= 15 is 0 Å². The summed E-state index contributed by atoms with van der Waals surface area (Å²) in [7, 11) is 0. The average Bonchev–Trinajstić information content (AvgIpc) is 3.06. The van der Waals surface area contributed by atoms with E-state index in [2.05, 4.69) is 38.4 Å². The van der Waals surface area contributed by atoms with Crippen molar-refractivity contribution < 1.29 is 4.42 Å². The molecule has 0 bridgehead atoms. The molecular weight excluding hydrogens is 390 g/mol. The van der Waals surface area contributed by atoms with Gasteiger partial charge in [-0.2, -0.15) is 0 Å². The maximum absolute atomic E-state index is 5.95. The van der Waals surface area contributed by atoms with E-state index in [4.69, 9.17) is 16.0 Å². The van der Waals surface area contributed by atoms with Crippen molar-refractivity contribution in [3.05, 3.63) is 69.5 Å². The molecule has 6 heteroatoms. The van der Waals surface area contributed by atoms with Gasteiger partial charge in [-0.15, -0.1) is 10.2 Å². The van der Waals surface area contributed by atoms with Gasteiger partial charge in [0.25, 0.3) is 0 Å². The summed E-state index contributed by atoms with van der Waals surface area (Å²) in [6, 6.07) is 15.9. The Labute approximate surface area is 154 Å². The van der Waals surface area contributed by atoms with Gasteiger partial charge in [0, 0.05) is 15.5 Å². The van der Waals surface area contributed by atoms with Gasteiger partial charge in [-0.05, 0) is 52.2 Å². The quantitative estimate of drug-likeness (QED) is 0.596. The van der Waals surface area contributed by atoms with Gasteiger partial charge in [0.05, 0.1) is 12.1 Å². The molecule has 1 N–H and O–H groups in total. The summed E-state index contributed by atoms with van der Waals surface area (Å²) in [6.07, 6.45) is 0.951. The third-order valence-electron chi connectivity index (χ3n) is 3.75. The fourth-order valence-electron chi connectivity index (χ4n) is 2.47. The number of rotatable bonds is 6. The summed E-state index contributed by atoms with van der Waals surface area (Å²) in [5, 5.41) is 12.4. The van der Waals surface area contributed by atoms with Gasteiger partial charge < -0.3 is 9.73 Å². The van der Waals surface area contributed by atoms with Crippen LogP contribution in [0.1, 0.15) is 30.8 Å². The zero-order valence-electron chi connectivity index (χ0n) is 13.2. The highest BCUT2D eigenvalue weighted by Crippen LogP contribution is 2.27. The first-order chi connectivity index (χ1) is 11.7. The molecule has 1 heterocycles. The van der Waals surface area contributed by atoms with Crippen molar-refractivity contribution in [3.63, 3.8) is 0 Å². The molecule has 1 atom stereocenters. The Morgan fingerprint density at radius 1 is 1.12 bits per heavy atom. The van der Waals surface area contributed by atoms with Gasteiger partial charge >= 0.3 is 0 Å². The van der Waals surface area contributed by atoms with Crippen molar-refractivity contribution in [1.29, 1.82) is 0 Å². The minimum Gasteiger partial charge on any atom is -0.419 e. The smallest absolute Gasteiger partial charge is 0.248 e. The van der Waals surface area contributed by atoms with Gasteiger partial charge in [0.2, 0.25) is 11.8 Å². The number of nitrogens with zero attached hydrogens (tertiary/aromatic N) is 2. The van der Waals surface area contributed by atoms with Gasteiger partial charge in [0.15, 0.2) is 0 Å². The molecule has 1 aromatic heterocycles. The van der Waals surface area contributed by atoms with Crippen LogP contribution in [0.5, 0.6) is 0 Å². The fraction of sp³-hybridized carbons (Fsp3) is 0.222. The first-order valence-corrected chi connectivity index (χ1v) is 8.90. The lowest BCUT2D eigenvalue weighted by Crippen LogP contribution is -2.20. The molecular formula is C18H17BrClN3O. The lowest BCUT2D eigenvalue weighted by Gasteiger charge is -2.16. The molecule has 0 aliphatic heterocycles. The van der Waals surface area contributed by atoms with Crippen LogP contribution < -0.4 is 5.32 Å². The molecule has 0 spiro atoms. The molecule has 0 fully saturated rings. The molecule has 24 heavy (non-hydrogen) atoms.